The van der Waals surface area contributed by atoms with E-state index in [0.29, 0.717) is 31.0 Å². The zero-order chi connectivity index (χ0) is 20.5. The van der Waals surface area contributed by atoms with Crippen molar-refractivity contribution in [3.63, 3.8) is 0 Å². The Hall–Kier alpha value is -2.75. The van der Waals surface area contributed by atoms with Crippen LogP contribution in [0.3, 0.4) is 0 Å². The van der Waals surface area contributed by atoms with E-state index in [0.717, 1.165) is 26.2 Å². The van der Waals surface area contributed by atoms with Crippen molar-refractivity contribution in [1.29, 1.82) is 0 Å². The summed E-state index contributed by atoms with van der Waals surface area (Å²) in [6, 6.07) is 11.1. The van der Waals surface area contributed by atoms with E-state index in [2.05, 4.69) is 20.1 Å². The van der Waals surface area contributed by atoms with Crippen LogP contribution in [0.15, 0.2) is 48.8 Å². The number of carbonyl (C=O) groups excluding carboxylic acids is 1. The lowest BCUT2D eigenvalue weighted by molar-refractivity contribution is -0.122. The Balaban J connectivity index is 1.31. The van der Waals surface area contributed by atoms with Gasteiger partial charge in [0.2, 0.25) is 5.91 Å². The zero-order valence-electron chi connectivity index (χ0n) is 16.1. The highest BCUT2D eigenvalue weighted by atomic mass is 32.1. The normalized spacial score (nSPS) is 14.3. The number of ether oxygens (including phenoxy) is 1. The van der Waals surface area contributed by atoms with Crippen molar-refractivity contribution in [2.45, 2.75) is 0 Å². The Kier molecular flexibility index (Phi) is 7.74. The van der Waals surface area contributed by atoms with Gasteiger partial charge in [-0.05, 0) is 36.4 Å². The van der Waals surface area contributed by atoms with Crippen LogP contribution < -0.4 is 20.4 Å². The van der Waals surface area contributed by atoms with Gasteiger partial charge in [-0.25, -0.2) is 0 Å². The summed E-state index contributed by atoms with van der Waals surface area (Å²) in [7, 11) is 0. The van der Waals surface area contributed by atoms with Crippen LogP contribution in [0.5, 0.6) is 5.75 Å². The van der Waals surface area contributed by atoms with Crippen LogP contribution in [-0.2, 0) is 4.79 Å². The number of hydrogen-bond donors (Lipinski definition) is 3. The average Bonchev–Trinajstić information content (AvgIpc) is 2.78. The van der Waals surface area contributed by atoms with E-state index in [4.69, 9.17) is 22.2 Å². The number of pyridine rings is 1. The van der Waals surface area contributed by atoms with Gasteiger partial charge < -0.3 is 15.0 Å². The average molecular weight is 416 g/mol. The number of piperazine rings is 1. The van der Waals surface area contributed by atoms with Crippen LogP contribution in [0.25, 0.3) is 0 Å². The zero-order valence-corrected chi connectivity index (χ0v) is 16.9. The molecule has 3 N–H and O–H groups in total. The molecule has 0 spiro atoms. The van der Waals surface area contributed by atoms with Gasteiger partial charge in [-0.15, -0.1) is 0 Å². The maximum absolute atomic E-state index is 12.2. The van der Waals surface area contributed by atoms with Crippen LogP contribution in [0.4, 0.5) is 5.69 Å². The van der Waals surface area contributed by atoms with E-state index in [1.807, 2.05) is 17.6 Å². The third-order valence-electron chi connectivity index (χ3n) is 4.68. The second kappa shape index (κ2) is 10.7. The first-order valence-corrected chi connectivity index (χ1v) is 9.88. The lowest BCUT2D eigenvalue weighted by Crippen LogP contribution is -2.49. The van der Waals surface area contributed by atoms with Gasteiger partial charge in [0, 0.05) is 49.8 Å². The van der Waals surface area contributed by atoms with Crippen LogP contribution >= 0.6 is 12.2 Å². The third-order valence-corrected chi connectivity index (χ3v) is 5.01. The fourth-order valence-corrected chi connectivity index (χ4v) is 3.24. The summed E-state index contributed by atoms with van der Waals surface area (Å²) >= 11 is 4.94. The fraction of sp³-hybridized carbons (Fsp3) is 0.350. The molecule has 154 valence electrons. The van der Waals surface area contributed by atoms with Gasteiger partial charge in [-0.2, -0.15) is 0 Å². The smallest absolute Gasteiger partial charge is 0.234 e. The maximum atomic E-state index is 12.2. The molecular formula is C20H25N5O3S. The van der Waals surface area contributed by atoms with Gasteiger partial charge in [0.05, 0.1) is 13.1 Å². The molecule has 1 amide bonds. The minimum atomic E-state index is 0.000628. The number of carbonyl (C=O) groups is 1. The molecule has 0 aliphatic carbocycles. The molecule has 1 aromatic heterocycles. The Morgan fingerprint density at radius 2 is 1.79 bits per heavy atom. The maximum Gasteiger partial charge on any atom is 0.234 e. The van der Waals surface area contributed by atoms with Gasteiger partial charge in [0.25, 0.3) is 0 Å². The highest BCUT2D eigenvalue weighted by molar-refractivity contribution is 7.80. The highest BCUT2D eigenvalue weighted by Crippen LogP contribution is 2.14. The van der Waals surface area contributed by atoms with Crippen molar-refractivity contribution in [3.8, 4) is 5.75 Å². The largest absolute Gasteiger partial charge is 0.492 e. The summed E-state index contributed by atoms with van der Waals surface area (Å²) in [5.74, 6) is 0.677. The standard InChI is InChI=1S/C20H25N5O3S/c26-19(15-24-10-12-25(13-11-24)17-5-7-21-8-6-17)22-9-14-28-18-3-1-16(2-4-18)20(29)23-27/h1-8,27H,9-15H2,(H,22,26)(H,23,29). The predicted molar refractivity (Wildman–Crippen MR) is 114 cm³/mol. The summed E-state index contributed by atoms with van der Waals surface area (Å²) in [4.78, 5) is 20.9. The lowest BCUT2D eigenvalue weighted by atomic mass is 10.2. The first-order chi connectivity index (χ1) is 14.2. The molecule has 0 unspecified atom stereocenters. The number of anilines is 1. The second-order valence-electron chi connectivity index (χ2n) is 6.63. The highest BCUT2D eigenvalue weighted by Gasteiger charge is 2.18. The minimum absolute atomic E-state index is 0.000628. The van der Waals surface area contributed by atoms with Crippen LogP contribution in [0, 0.1) is 0 Å². The van der Waals surface area contributed by atoms with E-state index in [1.54, 1.807) is 36.7 Å². The molecule has 1 saturated heterocycles. The molecule has 1 aliphatic rings. The molecule has 29 heavy (non-hydrogen) atoms. The van der Waals surface area contributed by atoms with Gasteiger partial charge in [-0.1, -0.05) is 12.2 Å². The number of hydroxylamine groups is 1. The van der Waals surface area contributed by atoms with Crippen LogP contribution in [0.1, 0.15) is 5.56 Å². The summed E-state index contributed by atoms with van der Waals surface area (Å²) in [6.07, 6.45) is 3.60. The van der Waals surface area contributed by atoms with Gasteiger partial charge in [0.15, 0.2) is 0 Å². The molecule has 0 saturated carbocycles. The fourth-order valence-electron chi connectivity index (χ4n) is 3.10. The number of benzene rings is 1. The van der Waals surface area contributed by atoms with Crippen molar-refractivity contribution in [2.75, 3.05) is 50.8 Å². The molecule has 3 rings (SSSR count). The Morgan fingerprint density at radius 1 is 1.10 bits per heavy atom. The second-order valence-corrected chi connectivity index (χ2v) is 7.04. The minimum Gasteiger partial charge on any atom is -0.492 e. The van der Waals surface area contributed by atoms with Gasteiger partial charge in [0.1, 0.15) is 17.3 Å². The Bertz CT molecular complexity index is 796. The molecule has 0 bridgehead atoms. The van der Waals surface area contributed by atoms with E-state index >= 15 is 0 Å². The van der Waals surface area contributed by atoms with Crippen molar-refractivity contribution in [1.82, 2.24) is 20.7 Å². The van der Waals surface area contributed by atoms with Crippen molar-refractivity contribution < 1.29 is 14.7 Å². The number of nitrogens with one attached hydrogen (secondary N) is 2. The summed E-state index contributed by atoms with van der Waals surface area (Å²) in [5.41, 5.74) is 3.81. The summed E-state index contributed by atoms with van der Waals surface area (Å²) in [6.45, 7) is 4.70. The molecule has 0 radical (unpaired) electrons. The molecule has 1 aliphatic heterocycles. The Morgan fingerprint density at radius 3 is 2.45 bits per heavy atom. The number of nitrogens with zero attached hydrogens (tertiary/aromatic N) is 3. The molecule has 1 fully saturated rings. The number of hydrogen-bond acceptors (Lipinski definition) is 7. The first-order valence-electron chi connectivity index (χ1n) is 9.47. The monoisotopic (exact) mass is 415 g/mol. The van der Waals surface area contributed by atoms with Crippen LogP contribution in [-0.4, -0.2) is 71.9 Å². The van der Waals surface area contributed by atoms with E-state index in [9.17, 15) is 4.79 Å². The molecule has 9 heteroatoms. The molecule has 8 nitrogen and oxygen atoms in total. The van der Waals surface area contributed by atoms with Crippen LogP contribution in [0.2, 0.25) is 0 Å². The van der Waals surface area contributed by atoms with E-state index < -0.39 is 0 Å². The van der Waals surface area contributed by atoms with Gasteiger partial charge >= 0.3 is 0 Å². The summed E-state index contributed by atoms with van der Waals surface area (Å²) < 4.78 is 5.61. The Labute approximate surface area is 175 Å². The quantitative estimate of drug-likeness (QED) is 0.335. The van der Waals surface area contributed by atoms with Crippen molar-refractivity contribution in [3.05, 3.63) is 54.4 Å². The lowest BCUT2D eigenvalue weighted by Gasteiger charge is -2.35. The molecule has 2 aromatic rings. The predicted octanol–water partition coefficient (Wildman–Crippen LogP) is 1.05. The molecule has 1 aromatic carbocycles. The topological polar surface area (TPSA) is 90.0 Å². The third kappa shape index (κ3) is 6.38. The molecule has 0 atom stereocenters. The van der Waals surface area contributed by atoms with Crippen molar-refractivity contribution >= 4 is 28.8 Å². The number of amides is 1. The van der Waals surface area contributed by atoms with Gasteiger partial charge in [-0.3, -0.25) is 25.4 Å². The molecular weight excluding hydrogens is 390 g/mol. The van der Waals surface area contributed by atoms with E-state index in [-0.39, 0.29) is 10.9 Å². The number of thiocarbonyl (C=S) groups is 1. The SMILES string of the molecule is O=C(CN1CCN(c2ccncc2)CC1)NCCOc1ccc(C(=S)NO)cc1. The molecule has 2 heterocycles. The summed E-state index contributed by atoms with van der Waals surface area (Å²) in [5, 5.41) is 11.7. The first kappa shape index (κ1) is 21.0. The number of rotatable bonds is 8. The number of aromatic nitrogens is 1. The van der Waals surface area contributed by atoms with Crippen molar-refractivity contribution in [2.24, 2.45) is 0 Å². The van der Waals surface area contributed by atoms with E-state index in [1.165, 1.54) is 5.69 Å².